The van der Waals surface area contributed by atoms with Gasteiger partial charge in [-0.3, -0.25) is 9.69 Å². The fraction of sp³-hybridized carbons (Fsp3) is 0.240. The summed E-state index contributed by atoms with van der Waals surface area (Å²) in [7, 11) is 0. The SMILES string of the molecule is CC(c1ccccc1)N1C(=O)c2ccccc2C1(O)CCCc1ccccc1. The first-order valence-corrected chi connectivity index (χ1v) is 9.85. The first kappa shape index (κ1) is 18.5. The van der Waals surface area contributed by atoms with Crippen molar-refractivity contribution in [2.24, 2.45) is 0 Å². The normalized spacial score (nSPS) is 19.5. The van der Waals surface area contributed by atoms with Gasteiger partial charge in [0.1, 0.15) is 0 Å². The second-order valence-electron chi connectivity index (χ2n) is 7.46. The van der Waals surface area contributed by atoms with Gasteiger partial charge >= 0.3 is 0 Å². The van der Waals surface area contributed by atoms with Crippen molar-refractivity contribution in [2.75, 3.05) is 0 Å². The van der Waals surface area contributed by atoms with Gasteiger partial charge in [-0.2, -0.15) is 0 Å². The second kappa shape index (κ2) is 7.61. The highest BCUT2D eigenvalue weighted by Gasteiger charge is 2.49. The lowest BCUT2D eigenvalue weighted by Gasteiger charge is -2.39. The molecule has 0 fully saturated rings. The topological polar surface area (TPSA) is 40.5 Å². The number of carbonyl (C=O) groups is 1. The van der Waals surface area contributed by atoms with Gasteiger partial charge in [0.15, 0.2) is 5.72 Å². The van der Waals surface area contributed by atoms with Gasteiger partial charge in [-0.1, -0.05) is 78.9 Å². The second-order valence-corrected chi connectivity index (χ2v) is 7.46. The monoisotopic (exact) mass is 371 g/mol. The zero-order valence-corrected chi connectivity index (χ0v) is 16.1. The molecule has 1 amide bonds. The van der Waals surface area contributed by atoms with Crippen molar-refractivity contribution in [3.63, 3.8) is 0 Å². The summed E-state index contributed by atoms with van der Waals surface area (Å²) in [6, 6.07) is 27.4. The fourth-order valence-corrected chi connectivity index (χ4v) is 4.26. The number of hydrogen-bond donors (Lipinski definition) is 1. The Morgan fingerprint density at radius 1 is 0.893 bits per heavy atom. The van der Waals surface area contributed by atoms with Crippen molar-refractivity contribution in [3.05, 3.63) is 107 Å². The van der Waals surface area contributed by atoms with Gasteiger partial charge in [-0.25, -0.2) is 0 Å². The summed E-state index contributed by atoms with van der Waals surface area (Å²) in [5.41, 5.74) is 2.29. The highest BCUT2D eigenvalue weighted by molar-refractivity contribution is 6.00. The van der Waals surface area contributed by atoms with Crippen LogP contribution in [0.15, 0.2) is 84.9 Å². The minimum absolute atomic E-state index is 0.103. The molecule has 0 spiro atoms. The Hall–Kier alpha value is -2.91. The molecule has 1 aliphatic heterocycles. The maximum Gasteiger partial charge on any atom is 0.257 e. The number of amides is 1. The van der Waals surface area contributed by atoms with E-state index in [1.807, 2.05) is 79.7 Å². The fourth-order valence-electron chi connectivity index (χ4n) is 4.26. The quantitative estimate of drug-likeness (QED) is 0.657. The van der Waals surface area contributed by atoms with Crippen LogP contribution >= 0.6 is 0 Å². The molecule has 2 atom stereocenters. The van der Waals surface area contributed by atoms with Crippen LogP contribution in [-0.4, -0.2) is 15.9 Å². The highest BCUT2D eigenvalue weighted by atomic mass is 16.3. The van der Waals surface area contributed by atoms with Crippen LogP contribution < -0.4 is 0 Å². The lowest BCUT2D eigenvalue weighted by Crippen LogP contribution is -2.45. The maximum absolute atomic E-state index is 13.2. The summed E-state index contributed by atoms with van der Waals surface area (Å²) in [5, 5.41) is 11.8. The van der Waals surface area contributed by atoms with Gasteiger partial charge < -0.3 is 5.11 Å². The molecule has 3 heteroatoms. The third-order valence-corrected chi connectivity index (χ3v) is 5.71. The van der Waals surface area contributed by atoms with E-state index in [1.165, 1.54) is 5.56 Å². The number of aliphatic hydroxyl groups is 1. The van der Waals surface area contributed by atoms with E-state index in [1.54, 1.807) is 4.90 Å². The van der Waals surface area contributed by atoms with Gasteiger partial charge in [0.05, 0.1) is 6.04 Å². The molecule has 0 saturated carbocycles. The number of rotatable bonds is 6. The largest absolute Gasteiger partial charge is 0.367 e. The van der Waals surface area contributed by atoms with Crippen LogP contribution in [0.3, 0.4) is 0 Å². The van der Waals surface area contributed by atoms with Crippen molar-refractivity contribution in [2.45, 2.75) is 38.0 Å². The van der Waals surface area contributed by atoms with E-state index in [0.29, 0.717) is 12.0 Å². The Morgan fingerprint density at radius 2 is 1.50 bits per heavy atom. The third kappa shape index (κ3) is 3.23. The van der Waals surface area contributed by atoms with Crippen molar-refractivity contribution in [3.8, 4) is 0 Å². The Balaban J connectivity index is 1.65. The minimum Gasteiger partial charge on any atom is -0.367 e. The first-order valence-electron chi connectivity index (χ1n) is 9.85. The van der Waals surface area contributed by atoms with Crippen molar-refractivity contribution >= 4 is 5.91 Å². The Labute approximate surface area is 166 Å². The van der Waals surface area contributed by atoms with Gasteiger partial charge in [0.25, 0.3) is 5.91 Å². The molecule has 1 N–H and O–H groups in total. The predicted molar refractivity (Wildman–Crippen MR) is 111 cm³/mol. The van der Waals surface area contributed by atoms with Gasteiger partial charge in [0, 0.05) is 17.5 Å². The molecule has 4 rings (SSSR count). The van der Waals surface area contributed by atoms with Crippen LogP contribution in [-0.2, 0) is 12.1 Å². The number of hydrogen-bond acceptors (Lipinski definition) is 2. The van der Waals surface area contributed by atoms with E-state index in [4.69, 9.17) is 0 Å². The van der Waals surface area contributed by atoms with Crippen LogP contribution in [0.25, 0.3) is 0 Å². The lowest BCUT2D eigenvalue weighted by molar-refractivity contribution is -0.107. The summed E-state index contributed by atoms with van der Waals surface area (Å²) in [6.07, 6.45) is 2.16. The molecule has 0 aliphatic carbocycles. The maximum atomic E-state index is 13.2. The molecule has 0 bridgehead atoms. The summed E-state index contributed by atoms with van der Waals surface area (Å²) in [4.78, 5) is 14.9. The van der Waals surface area contributed by atoms with Crippen molar-refractivity contribution in [1.29, 1.82) is 0 Å². The number of nitrogens with zero attached hydrogens (tertiary/aromatic N) is 1. The van der Waals surface area contributed by atoms with Crippen LogP contribution in [0, 0.1) is 0 Å². The predicted octanol–water partition coefficient (Wildman–Crippen LogP) is 5.07. The highest BCUT2D eigenvalue weighted by Crippen LogP contribution is 2.45. The van der Waals surface area contributed by atoms with Crippen LogP contribution in [0.5, 0.6) is 0 Å². The van der Waals surface area contributed by atoms with Crippen molar-refractivity contribution < 1.29 is 9.90 Å². The number of aryl methyl sites for hydroxylation is 1. The molecule has 2 unspecified atom stereocenters. The Kier molecular flexibility index (Phi) is 5.01. The van der Waals surface area contributed by atoms with E-state index >= 15 is 0 Å². The molecule has 0 saturated heterocycles. The smallest absolute Gasteiger partial charge is 0.257 e. The van der Waals surface area contributed by atoms with Crippen LogP contribution in [0.4, 0.5) is 0 Å². The summed E-state index contributed by atoms with van der Waals surface area (Å²) < 4.78 is 0. The molecule has 3 nitrogen and oxygen atoms in total. The Bertz CT molecular complexity index is 955. The summed E-state index contributed by atoms with van der Waals surface area (Å²) >= 11 is 0. The van der Waals surface area contributed by atoms with Gasteiger partial charge in [0.2, 0.25) is 0 Å². The molecule has 3 aromatic rings. The molecular formula is C25H25NO2. The average Bonchev–Trinajstić information content (AvgIpc) is 2.96. The average molecular weight is 371 g/mol. The molecule has 0 radical (unpaired) electrons. The molecule has 3 aromatic carbocycles. The third-order valence-electron chi connectivity index (χ3n) is 5.71. The number of carbonyl (C=O) groups excluding carboxylic acids is 1. The summed E-state index contributed by atoms with van der Waals surface area (Å²) in [6.45, 7) is 1.99. The van der Waals surface area contributed by atoms with E-state index in [9.17, 15) is 9.90 Å². The van der Waals surface area contributed by atoms with Crippen LogP contribution in [0.2, 0.25) is 0 Å². The van der Waals surface area contributed by atoms with Crippen molar-refractivity contribution in [1.82, 2.24) is 4.90 Å². The Morgan fingerprint density at radius 3 is 2.21 bits per heavy atom. The molecule has 1 aliphatic rings. The zero-order valence-electron chi connectivity index (χ0n) is 16.1. The van der Waals surface area contributed by atoms with E-state index < -0.39 is 5.72 Å². The number of benzene rings is 3. The van der Waals surface area contributed by atoms with E-state index in [-0.39, 0.29) is 11.9 Å². The molecule has 142 valence electrons. The summed E-state index contributed by atoms with van der Waals surface area (Å²) in [5.74, 6) is -0.103. The first-order chi connectivity index (χ1) is 13.6. The molecule has 1 heterocycles. The minimum atomic E-state index is -1.29. The van der Waals surface area contributed by atoms with E-state index in [0.717, 1.165) is 24.0 Å². The molecular weight excluding hydrogens is 346 g/mol. The van der Waals surface area contributed by atoms with Gasteiger partial charge in [-0.15, -0.1) is 0 Å². The molecule has 28 heavy (non-hydrogen) atoms. The standard InChI is InChI=1S/C25H25NO2/c1-19(21-14-6-3-7-15-21)26-24(27)22-16-8-9-17-23(22)25(26,28)18-10-13-20-11-4-2-5-12-20/h2-9,11-12,14-17,19,28H,10,13,18H2,1H3. The zero-order chi connectivity index (χ0) is 19.6. The molecule has 0 aromatic heterocycles. The van der Waals surface area contributed by atoms with Gasteiger partial charge in [-0.05, 0) is 37.0 Å². The van der Waals surface area contributed by atoms with E-state index in [2.05, 4.69) is 12.1 Å². The number of fused-ring (bicyclic) bond motifs is 1. The lowest BCUT2D eigenvalue weighted by atomic mass is 9.93. The van der Waals surface area contributed by atoms with Crippen LogP contribution in [0.1, 0.15) is 52.9 Å².